The molecule has 1 aromatic carbocycles. The zero-order valence-corrected chi connectivity index (χ0v) is 32.5. The molecule has 2 aliphatic heterocycles. The number of carbonyl (C=O) groups excluding carboxylic acids is 3. The van der Waals surface area contributed by atoms with Gasteiger partial charge in [0.1, 0.15) is 29.1 Å². The average molecular weight is 758 g/mol. The van der Waals surface area contributed by atoms with Crippen molar-refractivity contribution >= 4 is 52.2 Å². The van der Waals surface area contributed by atoms with E-state index in [0.29, 0.717) is 43.4 Å². The SMILES string of the molecule is CSCC(C(=O)N[C@@H]1CCCN(Cc2ccnc(C(=O)Nc3ccc(-c4cc5c(N6CCOCC6)ncnc5[nH]4)cc3)c2)C1)[C@@H](C)NC(=O)OC(C)(C)C. The van der Waals surface area contributed by atoms with Crippen LogP contribution in [0.5, 0.6) is 0 Å². The maximum absolute atomic E-state index is 13.4. The highest BCUT2D eigenvalue weighted by Gasteiger charge is 2.31. The molecule has 0 saturated carbocycles. The number of piperidine rings is 1. The summed E-state index contributed by atoms with van der Waals surface area (Å²) in [6.45, 7) is 12.4. The predicted molar refractivity (Wildman–Crippen MR) is 212 cm³/mol. The number of amides is 3. The number of thioether (sulfide) groups is 1. The van der Waals surface area contributed by atoms with Gasteiger partial charge in [-0.3, -0.25) is 19.5 Å². The zero-order chi connectivity index (χ0) is 38.2. The number of nitrogens with zero attached hydrogens (tertiary/aromatic N) is 5. The molecule has 3 amide bonds. The van der Waals surface area contributed by atoms with Gasteiger partial charge in [-0.05, 0) is 94.8 Å². The molecule has 14 nitrogen and oxygen atoms in total. The lowest BCUT2D eigenvalue weighted by Gasteiger charge is -2.34. The average Bonchev–Trinajstić information content (AvgIpc) is 3.59. The van der Waals surface area contributed by atoms with Gasteiger partial charge in [-0.1, -0.05) is 12.1 Å². The van der Waals surface area contributed by atoms with Crippen LogP contribution in [0.25, 0.3) is 22.3 Å². The van der Waals surface area contributed by atoms with Crippen LogP contribution in [0.15, 0.2) is 55.0 Å². The van der Waals surface area contributed by atoms with Gasteiger partial charge >= 0.3 is 6.09 Å². The van der Waals surface area contributed by atoms with E-state index in [1.807, 2.05) is 70.3 Å². The van der Waals surface area contributed by atoms with Gasteiger partial charge in [0.05, 0.1) is 24.5 Å². The lowest BCUT2D eigenvalue weighted by molar-refractivity contribution is -0.126. The number of ether oxygens (including phenoxy) is 2. The van der Waals surface area contributed by atoms with E-state index in [2.05, 4.69) is 51.8 Å². The number of alkyl carbamates (subject to hydrolysis) is 1. The Morgan fingerprint density at radius 3 is 2.57 bits per heavy atom. The van der Waals surface area contributed by atoms with Crippen molar-refractivity contribution in [3.05, 3.63) is 66.2 Å². The van der Waals surface area contributed by atoms with Gasteiger partial charge in [0.2, 0.25) is 5.91 Å². The number of aromatic amines is 1. The number of aromatic nitrogens is 4. The highest BCUT2D eigenvalue weighted by atomic mass is 32.2. The summed E-state index contributed by atoms with van der Waals surface area (Å²) in [5, 5.41) is 10.0. The summed E-state index contributed by atoms with van der Waals surface area (Å²) in [6.07, 6.45) is 6.46. The summed E-state index contributed by atoms with van der Waals surface area (Å²) < 4.78 is 10.9. The molecule has 4 aromatic rings. The molecule has 0 aliphatic carbocycles. The van der Waals surface area contributed by atoms with E-state index in [9.17, 15) is 14.4 Å². The number of benzene rings is 1. The van der Waals surface area contributed by atoms with E-state index in [4.69, 9.17) is 9.47 Å². The molecule has 0 spiro atoms. The first-order valence-corrected chi connectivity index (χ1v) is 19.9. The second-order valence-electron chi connectivity index (χ2n) is 14.9. The summed E-state index contributed by atoms with van der Waals surface area (Å²) in [7, 11) is 0. The summed E-state index contributed by atoms with van der Waals surface area (Å²) in [5.74, 6) is 0.689. The Morgan fingerprint density at radius 1 is 1.06 bits per heavy atom. The summed E-state index contributed by atoms with van der Waals surface area (Å²) in [4.78, 5) is 60.4. The topological polar surface area (TPSA) is 167 Å². The molecule has 2 saturated heterocycles. The third-order valence-electron chi connectivity index (χ3n) is 9.52. The van der Waals surface area contributed by atoms with Gasteiger partial charge in [-0.25, -0.2) is 14.8 Å². The zero-order valence-electron chi connectivity index (χ0n) is 31.7. The maximum Gasteiger partial charge on any atom is 0.407 e. The quantitative estimate of drug-likeness (QED) is 0.152. The number of likely N-dealkylation sites (tertiary alicyclic amines) is 1. The molecule has 54 heavy (non-hydrogen) atoms. The number of pyridine rings is 1. The number of hydrogen-bond acceptors (Lipinski definition) is 11. The Kier molecular flexibility index (Phi) is 12.7. The third-order valence-corrected chi connectivity index (χ3v) is 10.2. The Bertz CT molecular complexity index is 1910. The number of H-pyrrole nitrogens is 1. The fourth-order valence-electron chi connectivity index (χ4n) is 6.84. The molecule has 5 heterocycles. The van der Waals surface area contributed by atoms with Crippen molar-refractivity contribution in [3.8, 4) is 11.3 Å². The van der Waals surface area contributed by atoms with Gasteiger partial charge in [0, 0.05) is 61.6 Å². The monoisotopic (exact) mass is 757 g/mol. The standard InChI is InChI=1S/C39H51N9O5S/c1-25(43-38(51)53-39(2,3)4)31(23-54-5)36(49)45-29-7-6-14-47(22-29)21-26-12-13-40-33(19-26)37(50)44-28-10-8-27(9-11-28)32-20-30-34(46-32)41-24-42-35(30)48-15-17-52-18-16-48/h8-13,19-20,24-25,29,31H,6-7,14-18,21-23H2,1-5H3,(H,43,51)(H,44,50)(H,45,49)(H,41,42,46)/t25-,29-,31?/m1/s1. The Balaban J connectivity index is 1.03. The number of anilines is 2. The number of rotatable bonds is 12. The molecule has 3 atom stereocenters. The summed E-state index contributed by atoms with van der Waals surface area (Å²) in [6, 6.07) is 13.0. The second-order valence-corrected chi connectivity index (χ2v) is 15.8. The normalized spacial score (nSPS) is 17.8. The minimum absolute atomic E-state index is 0.0268. The van der Waals surface area contributed by atoms with Crippen molar-refractivity contribution in [1.29, 1.82) is 0 Å². The molecular weight excluding hydrogens is 707 g/mol. The van der Waals surface area contributed by atoms with Crippen molar-refractivity contribution in [1.82, 2.24) is 35.5 Å². The molecular formula is C39H51N9O5S. The first-order chi connectivity index (χ1) is 26.0. The predicted octanol–water partition coefficient (Wildman–Crippen LogP) is 5.08. The molecule has 288 valence electrons. The van der Waals surface area contributed by atoms with Crippen molar-refractivity contribution in [3.63, 3.8) is 0 Å². The van der Waals surface area contributed by atoms with Crippen molar-refractivity contribution < 1.29 is 23.9 Å². The molecule has 3 aromatic heterocycles. The van der Waals surface area contributed by atoms with E-state index in [0.717, 1.165) is 66.1 Å². The molecule has 0 bridgehead atoms. The fraction of sp³-hybridized carbons (Fsp3) is 0.487. The minimum atomic E-state index is -0.621. The van der Waals surface area contributed by atoms with Crippen molar-refractivity contribution in [2.75, 3.05) is 61.6 Å². The van der Waals surface area contributed by atoms with Crippen molar-refractivity contribution in [2.45, 2.75) is 64.8 Å². The Morgan fingerprint density at radius 2 is 1.83 bits per heavy atom. The molecule has 4 N–H and O–H groups in total. The lowest BCUT2D eigenvalue weighted by Crippen LogP contribution is -2.53. The second kappa shape index (κ2) is 17.6. The van der Waals surface area contributed by atoms with Crippen LogP contribution in [0, 0.1) is 5.92 Å². The van der Waals surface area contributed by atoms with E-state index >= 15 is 0 Å². The minimum Gasteiger partial charge on any atom is -0.444 e. The molecule has 6 rings (SSSR count). The molecule has 15 heteroatoms. The lowest BCUT2D eigenvalue weighted by atomic mass is 10.00. The number of carbonyl (C=O) groups is 3. The molecule has 2 fully saturated rings. The largest absolute Gasteiger partial charge is 0.444 e. The summed E-state index contributed by atoms with van der Waals surface area (Å²) in [5.41, 5.74) is 3.98. The van der Waals surface area contributed by atoms with E-state index in [1.165, 1.54) is 0 Å². The highest BCUT2D eigenvalue weighted by molar-refractivity contribution is 7.98. The molecule has 0 radical (unpaired) electrons. The molecule has 2 aliphatic rings. The number of hydrogen-bond donors (Lipinski definition) is 4. The van der Waals surface area contributed by atoms with Crippen LogP contribution in [0.4, 0.5) is 16.3 Å². The number of fused-ring (bicyclic) bond motifs is 1. The van der Waals surface area contributed by atoms with E-state index < -0.39 is 23.7 Å². The Labute approximate surface area is 320 Å². The third kappa shape index (κ3) is 10.3. The van der Waals surface area contributed by atoms with Crippen molar-refractivity contribution in [2.24, 2.45) is 5.92 Å². The van der Waals surface area contributed by atoms with Crippen LogP contribution in [0.1, 0.15) is 56.6 Å². The number of nitrogens with one attached hydrogen (secondary N) is 4. The Hall–Kier alpha value is -4.73. The van der Waals surface area contributed by atoms with Crippen LogP contribution >= 0.6 is 11.8 Å². The van der Waals surface area contributed by atoms with Crippen LogP contribution < -0.4 is 20.9 Å². The number of morpholine rings is 1. The van der Waals surface area contributed by atoms with E-state index in [1.54, 1.807) is 24.3 Å². The molecule has 1 unspecified atom stereocenters. The summed E-state index contributed by atoms with van der Waals surface area (Å²) >= 11 is 1.57. The fourth-order valence-corrected chi connectivity index (χ4v) is 7.64. The van der Waals surface area contributed by atoms with Gasteiger partial charge in [-0.2, -0.15) is 11.8 Å². The van der Waals surface area contributed by atoms with Crippen LogP contribution in [0.3, 0.4) is 0 Å². The smallest absolute Gasteiger partial charge is 0.407 e. The van der Waals surface area contributed by atoms with Gasteiger partial charge in [-0.15, -0.1) is 0 Å². The van der Waals surface area contributed by atoms with Gasteiger partial charge in [0.15, 0.2) is 0 Å². The maximum atomic E-state index is 13.4. The van der Waals surface area contributed by atoms with Gasteiger partial charge in [0.25, 0.3) is 5.91 Å². The first-order valence-electron chi connectivity index (χ1n) is 18.5. The van der Waals surface area contributed by atoms with Crippen LogP contribution in [-0.4, -0.2) is 112 Å². The highest BCUT2D eigenvalue weighted by Crippen LogP contribution is 2.30. The first kappa shape index (κ1) is 39.0. The van der Waals surface area contributed by atoms with Gasteiger partial charge < -0.3 is 35.3 Å². The van der Waals surface area contributed by atoms with Crippen LogP contribution in [-0.2, 0) is 20.8 Å². The van der Waals surface area contributed by atoms with Crippen LogP contribution in [0.2, 0.25) is 0 Å². The van der Waals surface area contributed by atoms with E-state index in [-0.39, 0.29) is 17.9 Å².